The van der Waals surface area contributed by atoms with E-state index >= 15 is 0 Å². The van der Waals surface area contributed by atoms with Crippen molar-refractivity contribution >= 4 is 34.3 Å². The van der Waals surface area contributed by atoms with Crippen molar-refractivity contribution in [3.8, 4) is 5.75 Å². The molecule has 5 rings (SSSR count). The van der Waals surface area contributed by atoms with Crippen LogP contribution in [-0.2, 0) is 9.53 Å². The molecule has 8 heteroatoms. The lowest BCUT2D eigenvalue weighted by Gasteiger charge is -2.27. The first-order valence-electron chi connectivity index (χ1n) is 11.6. The number of amides is 1. The SMILES string of the molecule is CC(C)OC(=O)c1cccc(N2C(=O)C(O)=C(C(=O)c3cc4ccccc4o3)C2c2ccc(O)cc2)c1. The Balaban J connectivity index is 1.62. The molecule has 2 N–H and O–H groups in total. The highest BCUT2D eigenvalue weighted by atomic mass is 16.5. The third-order valence-electron chi connectivity index (χ3n) is 6.01. The predicted octanol–water partition coefficient (Wildman–Crippen LogP) is 5.49. The van der Waals surface area contributed by atoms with Gasteiger partial charge in [-0.25, -0.2) is 4.79 Å². The average molecular weight is 498 g/mol. The Morgan fingerprint density at radius 1 is 0.946 bits per heavy atom. The highest BCUT2D eigenvalue weighted by Crippen LogP contribution is 2.42. The summed E-state index contributed by atoms with van der Waals surface area (Å²) in [6, 6.07) is 19.8. The molecule has 3 aromatic carbocycles. The van der Waals surface area contributed by atoms with Crippen molar-refractivity contribution in [1.82, 2.24) is 0 Å². The average Bonchev–Trinajstić information content (AvgIpc) is 3.43. The number of carbonyl (C=O) groups excluding carboxylic acids is 3. The van der Waals surface area contributed by atoms with Crippen LogP contribution in [-0.4, -0.2) is 34.0 Å². The van der Waals surface area contributed by atoms with Gasteiger partial charge in [0.1, 0.15) is 11.3 Å². The van der Waals surface area contributed by atoms with Crippen LogP contribution in [0.4, 0.5) is 5.69 Å². The zero-order valence-electron chi connectivity index (χ0n) is 20.0. The van der Waals surface area contributed by atoms with Gasteiger partial charge in [0.05, 0.1) is 23.3 Å². The maximum absolute atomic E-state index is 13.7. The van der Waals surface area contributed by atoms with E-state index in [0.29, 0.717) is 16.5 Å². The molecule has 1 aromatic heterocycles. The minimum Gasteiger partial charge on any atom is -0.508 e. The van der Waals surface area contributed by atoms with E-state index < -0.39 is 29.5 Å². The van der Waals surface area contributed by atoms with Crippen molar-refractivity contribution in [3.05, 3.63) is 107 Å². The number of phenolic OH excluding ortho intramolecular Hbond substituents is 1. The summed E-state index contributed by atoms with van der Waals surface area (Å²) < 4.78 is 11.0. The second kappa shape index (κ2) is 9.31. The Kier molecular flexibility index (Phi) is 6.01. The van der Waals surface area contributed by atoms with Crippen molar-refractivity contribution in [2.24, 2.45) is 0 Å². The number of ether oxygens (including phenoxy) is 1. The zero-order valence-corrected chi connectivity index (χ0v) is 20.0. The third kappa shape index (κ3) is 4.33. The van der Waals surface area contributed by atoms with Crippen LogP contribution in [0, 0.1) is 0 Å². The Morgan fingerprint density at radius 2 is 1.68 bits per heavy atom. The van der Waals surface area contributed by atoms with Gasteiger partial charge in [-0.15, -0.1) is 0 Å². The maximum atomic E-state index is 13.7. The maximum Gasteiger partial charge on any atom is 0.338 e. The molecule has 1 aliphatic heterocycles. The number of Topliss-reactive ketones (excluding diaryl/α,β-unsaturated/α-hetero) is 1. The van der Waals surface area contributed by atoms with E-state index in [9.17, 15) is 24.6 Å². The molecule has 8 nitrogen and oxygen atoms in total. The number of aromatic hydroxyl groups is 1. The van der Waals surface area contributed by atoms with Crippen molar-refractivity contribution < 1.29 is 33.8 Å². The number of benzene rings is 3. The van der Waals surface area contributed by atoms with Gasteiger partial charge in [0.25, 0.3) is 5.91 Å². The van der Waals surface area contributed by atoms with Gasteiger partial charge in [0.2, 0.25) is 5.78 Å². The van der Waals surface area contributed by atoms with E-state index in [4.69, 9.17) is 9.15 Å². The topological polar surface area (TPSA) is 117 Å². The van der Waals surface area contributed by atoms with Crippen molar-refractivity contribution in [2.75, 3.05) is 4.90 Å². The van der Waals surface area contributed by atoms with Crippen LogP contribution < -0.4 is 4.90 Å². The molecule has 0 bridgehead atoms. The molecule has 0 aliphatic carbocycles. The number of aliphatic hydroxyl groups excluding tert-OH is 1. The minimum atomic E-state index is -1.05. The molecule has 1 aliphatic rings. The first-order chi connectivity index (χ1) is 17.7. The summed E-state index contributed by atoms with van der Waals surface area (Å²) in [5.41, 5.74) is 1.26. The second-order valence-corrected chi connectivity index (χ2v) is 8.91. The van der Waals surface area contributed by atoms with Gasteiger partial charge in [-0.1, -0.05) is 36.4 Å². The summed E-state index contributed by atoms with van der Waals surface area (Å²) in [7, 11) is 0. The van der Waals surface area contributed by atoms with Gasteiger partial charge in [-0.3, -0.25) is 14.5 Å². The van der Waals surface area contributed by atoms with E-state index in [1.807, 2.05) is 0 Å². The Morgan fingerprint density at radius 3 is 2.38 bits per heavy atom. The largest absolute Gasteiger partial charge is 0.508 e. The molecule has 1 amide bonds. The standard InChI is InChI=1S/C29H23NO7/c1-16(2)36-29(35)19-7-5-8-20(14-19)30-25(17-10-12-21(31)13-11-17)24(27(33)28(30)34)26(32)23-15-18-6-3-4-9-22(18)37-23/h3-16,25,31,33H,1-2H3. The number of aliphatic hydroxyl groups is 1. The lowest BCUT2D eigenvalue weighted by atomic mass is 9.94. The van der Waals surface area contributed by atoms with Crippen molar-refractivity contribution in [3.63, 3.8) is 0 Å². The van der Waals surface area contributed by atoms with E-state index in [1.165, 1.54) is 23.1 Å². The number of fused-ring (bicyclic) bond motifs is 1. The number of furan rings is 1. The molecular formula is C29H23NO7. The van der Waals surface area contributed by atoms with E-state index in [1.54, 1.807) is 74.5 Å². The van der Waals surface area contributed by atoms with Crippen LogP contribution >= 0.6 is 0 Å². The molecule has 186 valence electrons. The normalized spacial score (nSPS) is 15.6. The summed E-state index contributed by atoms with van der Waals surface area (Å²) in [5.74, 6) is -2.80. The number of nitrogens with zero attached hydrogens (tertiary/aromatic N) is 1. The van der Waals surface area contributed by atoms with Crippen LogP contribution in [0.3, 0.4) is 0 Å². The number of anilines is 1. The summed E-state index contributed by atoms with van der Waals surface area (Å²) in [4.78, 5) is 40.8. The van der Waals surface area contributed by atoms with E-state index in [2.05, 4.69) is 0 Å². The molecule has 0 saturated carbocycles. The molecular weight excluding hydrogens is 474 g/mol. The number of para-hydroxylation sites is 1. The fourth-order valence-corrected chi connectivity index (χ4v) is 4.37. The molecule has 2 heterocycles. The van der Waals surface area contributed by atoms with Gasteiger partial charge >= 0.3 is 5.97 Å². The Labute approximate surface area is 212 Å². The van der Waals surface area contributed by atoms with Crippen molar-refractivity contribution in [2.45, 2.75) is 26.0 Å². The molecule has 4 aromatic rings. The summed E-state index contributed by atoms with van der Waals surface area (Å²) in [6.07, 6.45) is -0.340. The first-order valence-corrected chi connectivity index (χ1v) is 11.6. The molecule has 1 atom stereocenters. The zero-order chi connectivity index (χ0) is 26.3. The Bertz CT molecular complexity index is 1530. The van der Waals surface area contributed by atoms with Gasteiger partial charge in [-0.05, 0) is 61.9 Å². The number of esters is 1. The van der Waals surface area contributed by atoms with Crippen LogP contribution in [0.15, 0.2) is 94.6 Å². The fourth-order valence-electron chi connectivity index (χ4n) is 4.37. The number of hydrogen-bond donors (Lipinski definition) is 2. The second-order valence-electron chi connectivity index (χ2n) is 8.91. The summed E-state index contributed by atoms with van der Waals surface area (Å²) >= 11 is 0. The van der Waals surface area contributed by atoms with Gasteiger partial charge in [-0.2, -0.15) is 0 Å². The predicted molar refractivity (Wildman–Crippen MR) is 136 cm³/mol. The smallest absolute Gasteiger partial charge is 0.338 e. The Hall–Kier alpha value is -4.85. The molecule has 0 fully saturated rings. The fraction of sp³-hybridized carbons (Fsp3) is 0.138. The highest BCUT2D eigenvalue weighted by molar-refractivity contribution is 6.20. The molecule has 0 spiro atoms. The number of hydrogen-bond acceptors (Lipinski definition) is 7. The summed E-state index contributed by atoms with van der Waals surface area (Å²) in [6.45, 7) is 3.45. The number of carbonyl (C=O) groups is 3. The van der Waals surface area contributed by atoms with Crippen LogP contribution in [0.1, 0.15) is 46.4 Å². The number of ketones is 1. The van der Waals surface area contributed by atoms with E-state index in [-0.39, 0.29) is 34.4 Å². The highest BCUT2D eigenvalue weighted by Gasteiger charge is 2.45. The van der Waals surface area contributed by atoms with Crippen molar-refractivity contribution in [1.29, 1.82) is 0 Å². The minimum absolute atomic E-state index is 0.00332. The van der Waals surface area contributed by atoms with Gasteiger partial charge in [0.15, 0.2) is 11.5 Å². The van der Waals surface area contributed by atoms with Crippen LogP contribution in [0.5, 0.6) is 5.75 Å². The number of phenols is 1. The first kappa shape index (κ1) is 23.9. The molecule has 1 unspecified atom stereocenters. The lowest BCUT2D eigenvalue weighted by molar-refractivity contribution is -0.117. The van der Waals surface area contributed by atoms with Gasteiger partial charge < -0.3 is 19.4 Å². The third-order valence-corrected chi connectivity index (χ3v) is 6.01. The lowest BCUT2D eigenvalue weighted by Crippen LogP contribution is -2.31. The number of rotatable bonds is 6. The quantitative estimate of drug-likeness (QED) is 0.267. The van der Waals surface area contributed by atoms with Crippen LogP contribution in [0.2, 0.25) is 0 Å². The molecule has 0 saturated heterocycles. The van der Waals surface area contributed by atoms with E-state index in [0.717, 1.165) is 0 Å². The monoisotopic (exact) mass is 497 g/mol. The summed E-state index contributed by atoms with van der Waals surface area (Å²) in [5, 5.41) is 21.5. The molecule has 37 heavy (non-hydrogen) atoms. The molecule has 0 radical (unpaired) electrons. The van der Waals surface area contributed by atoms with Gasteiger partial charge in [0, 0.05) is 11.1 Å². The van der Waals surface area contributed by atoms with Crippen LogP contribution in [0.25, 0.3) is 11.0 Å².